The van der Waals surface area contributed by atoms with Crippen molar-refractivity contribution in [2.75, 3.05) is 24.3 Å². The first-order valence-electron chi connectivity index (χ1n) is 6.32. The summed E-state index contributed by atoms with van der Waals surface area (Å²) in [6.45, 7) is 1.78. The summed E-state index contributed by atoms with van der Waals surface area (Å²) in [6.07, 6.45) is 3.36. The van der Waals surface area contributed by atoms with Gasteiger partial charge in [0.1, 0.15) is 0 Å². The highest BCUT2D eigenvalue weighted by Crippen LogP contribution is 2.28. The minimum atomic E-state index is -0.838. The van der Waals surface area contributed by atoms with Crippen LogP contribution in [-0.4, -0.2) is 19.1 Å². The summed E-state index contributed by atoms with van der Waals surface area (Å²) in [5.74, 6) is -1.65. The summed E-state index contributed by atoms with van der Waals surface area (Å²) in [5.41, 5.74) is 2.00. The van der Waals surface area contributed by atoms with Crippen LogP contribution in [0.15, 0.2) is 36.7 Å². The molecule has 1 N–H and O–H groups in total. The van der Waals surface area contributed by atoms with Crippen molar-refractivity contribution in [3.05, 3.63) is 53.9 Å². The second-order valence-electron chi connectivity index (χ2n) is 4.80. The van der Waals surface area contributed by atoms with Gasteiger partial charge >= 0.3 is 0 Å². The first kappa shape index (κ1) is 14.2. The van der Waals surface area contributed by atoms with Crippen LogP contribution < -0.4 is 10.2 Å². The lowest BCUT2D eigenvalue weighted by molar-refractivity contribution is 0.494. The third kappa shape index (κ3) is 2.87. The maximum Gasteiger partial charge on any atom is 0.164 e. The summed E-state index contributed by atoms with van der Waals surface area (Å²) < 4.78 is 27.0. The van der Waals surface area contributed by atoms with Gasteiger partial charge in [-0.15, -0.1) is 0 Å². The van der Waals surface area contributed by atoms with E-state index in [0.717, 1.165) is 17.4 Å². The van der Waals surface area contributed by atoms with E-state index in [1.165, 1.54) is 6.07 Å². The van der Waals surface area contributed by atoms with Crippen LogP contribution in [0.2, 0.25) is 0 Å². The van der Waals surface area contributed by atoms with Crippen molar-refractivity contribution in [2.45, 2.75) is 13.0 Å². The Bertz CT molecular complexity index is 599. The van der Waals surface area contributed by atoms with Crippen molar-refractivity contribution < 1.29 is 8.78 Å². The number of anilines is 2. The molecule has 3 nitrogen and oxygen atoms in total. The molecule has 1 aromatic heterocycles. The molecule has 5 heteroatoms. The van der Waals surface area contributed by atoms with Gasteiger partial charge in [0, 0.05) is 25.9 Å². The highest BCUT2D eigenvalue weighted by molar-refractivity contribution is 5.68. The molecule has 0 radical (unpaired) electrons. The van der Waals surface area contributed by atoms with Gasteiger partial charge in [-0.3, -0.25) is 4.98 Å². The summed E-state index contributed by atoms with van der Waals surface area (Å²) in [5, 5.41) is 3.17. The Hall–Kier alpha value is -2.17. The van der Waals surface area contributed by atoms with Crippen molar-refractivity contribution in [1.29, 1.82) is 0 Å². The summed E-state index contributed by atoms with van der Waals surface area (Å²) in [6, 6.07) is 5.68. The van der Waals surface area contributed by atoms with Crippen LogP contribution in [0.1, 0.15) is 18.5 Å². The lowest BCUT2D eigenvalue weighted by atomic mass is 10.1. The lowest BCUT2D eigenvalue weighted by Gasteiger charge is -2.22. The zero-order chi connectivity index (χ0) is 14.7. The van der Waals surface area contributed by atoms with Gasteiger partial charge in [0.15, 0.2) is 11.6 Å². The number of halogens is 2. The number of hydrogen-bond acceptors (Lipinski definition) is 3. The fraction of sp³-hybridized carbons (Fsp3) is 0.267. The topological polar surface area (TPSA) is 28.2 Å². The molecule has 0 saturated heterocycles. The van der Waals surface area contributed by atoms with Crippen LogP contribution >= 0.6 is 0 Å². The van der Waals surface area contributed by atoms with Crippen LogP contribution in [0.3, 0.4) is 0 Å². The average Bonchev–Trinajstić information content (AvgIpc) is 2.42. The Morgan fingerprint density at radius 1 is 1.20 bits per heavy atom. The number of nitrogens with one attached hydrogen (secondary N) is 1. The second-order valence-corrected chi connectivity index (χ2v) is 4.80. The molecule has 1 heterocycles. The normalized spacial score (nSPS) is 12.1. The van der Waals surface area contributed by atoms with E-state index in [2.05, 4.69) is 10.3 Å². The number of rotatable bonds is 4. The molecule has 0 fully saturated rings. The zero-order valence-corrected chi connectivity index (χ0v) is 11.7. The number of nitrogens with zero attached hydrogens (tertiary/aromatic N) is 2. The molecule has 20 heavy (non-hydrogen) atoms. The van der Waals surface area contributed by atoms with Gasteiger partial charge in [-0.25, -0.2) is 8.78 Å². The van der Waals surface area contributed by atoms with Crippen molar-refractivity contribution in [2.24, 2.45) is 0 Å². The van der Waals surface area contributed by atoms with E-state index in [1.54, 1.807) is 25.4 Å². The SMILES string of the molecule is CC(Nc1cnccc1N(C)C)c1cccc(F)c1F. The number of aromatic nitrogens is 1. The average molecular weight is 277 g/mol. The van der Waals surface area contributed by atoms with Crippen molar-refractivity contribution in [3.63, 3.8) is 0 Å². The smallest absolute Gasteiger partial charge is 0.164 e. The molecule has 2 rings (SSSR count). The molecule has 0 aliphatic carbocycles. The predicted molar refractivity (Wildman–Crippen MR) is 77.0 cm³/mol. The second kappa shape index (κ2) is 5.86. The molecule has 106 valence electrons. The first-order valence-corrected chi connectivity index (χ1v) is 6.32. The maximum absolute atomic E-state index is 13.8. The van der Waals surface area contributed by atoms with E-state index >= 15 is 0 Å². The van der Waals surface area contributed by atoms with E-state index in [-0.39, 0.29) is 6.04 Å². The molecule has 0 spiro atoms. The molecule has 0 aliphatic rings. The first-order chi connectivity index (χ1) is 9.50. The molecule has 0 bridgehead atoms. The monoisotopic (exact) mass is 277 g/mol. The molecule has 0 saturated carbocycles. The fourth-order valence-electron chi connectivity index (χ4n) is 2.05. The van der Waals surface area contributed by atoms with Gasteiger partial charge in [0.2, 0.25) is 0 Å². The van der Waals surface area contributed by atoms with Gasteiger partial charge in [0.25, 0.3) is 0 Å². The van der Waals surface area contributed by atoms with Gasteiger partial charge in [-0.2, -0.15) is 0 Å². The molecule has 0 amide bonds. The Morgan fingerprint density at radius 2 is 1.95 bits per heavy atom. The molecule has 1 unspecified atom stereocenters. The number of hydrogen-bond donors (Lipinski definition) is 1. The minimum Gasteiger partial charge on any atom is -0.376 e. The predicted octanol–water partition coefficient (Wildman–Crippen LogP) is 3.60. The van der Waals surface area contributed by atoms with Crippen LogP contribution in [-0.2, 0) is 0 Å². The Balaban J connectivity index is 2.28. The van der Waals surface area contributed by atoms with E-state index in [0.29, 0.717) is 5.56 Å². The molecular formula is C15H17F2N3. The number of pyridine rings is 1. The minimum absolute atomic E-state index is 0.290. The standard InChI is InChI=1S/C15H17F2N3/c1-10(11-5-4-6-12(16)15(11)17)19-13-9-18-8-7-14(13)20(2)3/h4-10,19H,1-3H3. The summed E-state index contributed by atoms with van der Waals surface area (Å²) >= 11 is 0. The van der Waals surface area contributed by atoms with Crippen molar-refractivity contribution in [3.8, 4) is 0 Å². The van der Waals surface area contributed by atoms with Gasteiger partial charge in [-0.1, -0.05) is 12.1 Å². The number of benzene rings is 1. The van der Waals surface area contributed by atoms with Crippen molar-refractivity contribution in [1.82, 2.24) is 4.98 Å². The molecular weight excluding hydrogens is 260 g/mol. The highest BCUT2D eigenvalue weighted by atomic mass is 19.2. The highest BCUT2D eigenvalue weighted by Gasteiger charge is 2.15. The van der Waals surface area contributed by atoms with E-state index in [4.69, 9.17) is 0 Å². The maximum atomic E-state index is 13.8. The zero-order valence-electron chi connectivity index (χ0n) is 11.7. The van der Waals surface area contributed by atoms with Crippen LogP contribution in [0.4, 0.5) is 20.2 Å². The molecule has 2 aromatic rings. The third-order valence-corrected chi connectivity index (χ3v) is 3.10. The van der Waals surface area contributed by atoms with E-state index in [1.807, 2.05) is 25.1 Å². The quantitative estimate of drug-likeness (QED) is 0.925. The van der Waals surface area contributed by atoms with Crippen molar-refractivity contribution >= 4 is 11.4 Å². The Morgan fingerprint density at radius 3 is 2.65 bits per heavy atom. The van der Waals surface area contributed by atoms with Crippen LogP contribution in [0.25, 0.3) is 0 Å². The fourth-order valence-corrected chi connectivity index (χ4v) is 2.05. The Labute approximate surface area is 117 Å². The van der Waals surface area contributed by atoms with Gasteiger partial charge < -0.3 is 10.2 Å². The van der Waals surface area contributed by atoms with E-state index in [9.17, 15) is 8.78 Å². The lowest BCUT2D eigenvalue weighted by Crippen LogP contribution is -2.15. The molecule has 0 aliphatic heterocycles. The summed E-state index contributed by atoms with van der Waals surface area (Å²) in [4.78, 5) is 5.99. The third-order valence-electron chi connectivity index (χ3n) is 3.10. The molecule has 1 atom stereocenters. The molecule has 1 aromatic carbocycles. The van der Waals surface area contributed by atoms with E-state index < -0.39 is 11.6 Å². The van der Waals surface area contributed by atoms with Gasteiger partial charge in [0.05, 0.1) is 23.6 Å². The largest absolute Gasteiger partial charge is 0.376 e. The van der Waals surface area contributed by atoms with Gasteiger partial charge in [-0.05, 0) is 19.1 Å². The van der Waals surface area contributed by atoms with Crippen LogP contribution in [0, 0.1) is 11.6 Å². The Kier molecular flexibility index (Phi) is 4.17. The summed E-state index contributed by atoms with van der Waals surface area (Å²) in [7, 11) is 3.82. The van der Waals surface area contributed by atoms with Crippen LogP contribution in [0.5, 0.6) is 0 Å².